The molecule has 4 rings (SSSR count). The van der Waals surface area contributed by atoms with Crippen LogP contribution in [-0.4, -0.2) is 51.1 Å². The first-order valence-electron chi connectivity index (χ1n) is 8.96. The van der Waals surface area contributed by atoms with Crippen molar-refractivity contribution in [1.82, 2.24) is 4.90 Å². The molecule has 9 heteroatoms. The van der Waals surface area contributed by atoms with E-state index >= 15 is 0 Å². The predicted molar refractivity (Wildman–Crippen MR) is 108 cm³/mol. The van der Waals surface area contributed by atoms with Gasteiger partial charge in [-0.15, -0.1) is 11.8 Å². The number of hydrogen-bond acceptors (Lipinski definition) is 7. The van der Waals surface area contributed by atoms with Crippen molar-refractivity contribution in [1.29, 1.82) is 0 Å². The summed E-state index contributed by atoms with van der Waals surface area (Å²) in [5.74, 6) is -0.136. The topological polar surface area (TPSA) is 102 Å². The second-order valence-corrected chi connectivity index (χ2v) is 7.80. The molecule has 0 aliphatic carbocycles. The Bertz CT molecular complexity index is 964. The fourth-order valence-corrected chi connectivity index (χ4v) is 4.69. The number of fused-ring (bicyclic) bond motifs is 1. The molecule has 2 aromatic rings. The molecule has 29 heavy (non-hydrogen) atoms. The number of ether oxygens (including phenoxy) is 1. The number of β-lactam (4-membered cyclic amide) rings is 1. The van der Waals surface area contributed by atoms with Gasteiger partial charge < -0.3 is 9.64 Å². The van der Waals surface area contributed by atoms with Gasteiger partial charge in [0.2, 0.25) is 0 Å². The van der Waals surface area contributed by atoms with Gasteiger partial charge in [-0.3, -0.25) is 19.9 Å². The van der Waals surface area contributed by atoms with Crippen molar-refractivity contribution < 1.29 is 19.2 Å². The van der Waals surface area contributed by atoms with Gasteiger partial charge in [-0.05, 0) is 23.3 Å². The molecule has 0 saturated carbocycles. The zero-order valence-corrected chi connectivity index (χ0v) is 16.0. The number of hydrogen-bond donors (Lipinski definition) is 0. The lowest BCUT2D eigenvalue weighted by Gasteiger charge is -2.41. The third-order valence-electron chi connectivity index (χ3n) is 4.80. The number of carbonyl (C=O) groups excluding carboxylic acids is 2. The highest BCUT2D eigenvalue weighted by Crippen LogP contribution is 2.41. The summed E-state index contributed by atoms with van der Waals surface area (Å²) < 4.78 is 5.37. The van der Waals surface area contributed by atoms with Crippen molar-refractivity contribution in [3.8, 4) is 0 Å². The molecule has 0 bridgehead atoms. The maximum atomic E-state index is 12.5. The molecule has 148 valence electrons. The van der Waals surface area contributed by atoms with Crippen LogP contribution in [-0.2, 0) is 20.9 Å². The van der Waals surface area contributed by atoms with Gasteiger partial charge in [0, 0.05) is 24.1 Å². The van der Waals surface area contributed by atoms with E-state index in [1.165, 1.54) is 35.0 Å². The Hall–Kier alpha value is -3.20. The Balaban J connectivity index is 1.34. The second-order valence-electron chi connectivity index (χ2n) is 6.65. The molecule has 0 aromatic heterocycles. The van der Waals surface area contributed by atoms with Gasteiger partial charge in [0.15, 0.2) is 6.04 Å². The lowest BCUT2D eigenvalue weighted by Crippen LogP contribution is -2.64. The summed E-state index contributed by atoms with van der Waals surface area (Å²) in [6.07, 6.45) is 1.53. The van der Waals surface area contributed by atoms with Crippen molar-refractivity contribution in [2.24, 2.45) is 4.99 Å². The number of non-ortho nitro benzene ring substituents is 1. The number of nitrogens with zero attached hydrogens (tertiary/aromatic N) is 3. The summed E-state index contributed by atoms with van der Waals surface area (Å²) in [4.78, 5) is 41.0. The minimum absolute atomic E-state index is 0.00347. The van der Waals surface area contributed by atoms with E-state index in [0.717, 1.165) is 5.56 Å². The molecular formula is C20H17N3O5S. The normalized spacial score (nSPS) is 23.0. The fourth-order valence-electron chi connectivity index (χ4n) is 3.23. The summed E-state index contributed by atoms with van der Waals surface area (Å²) in [6, 6.07) is 14.2. The molecule has 2 aliphatic rings. The average Bonchev–Trinajstić information content (AvgIpc) is 3.13. The van der Waals surface area contributed by atoms with Gasteiger partial charge in [-0.25, -0.2) is 4.79 Å². The standard InChI is InChI=1S/C20H17N3O5S/c24-18-17(21-10-13-6-8-15(9-7-13)23(26)27)19-22(18)16(12-29-19)20(25)28-11-14-4-2-1-3-5-14/h1-10,16-17,19H,11-12H2/b21-10+/t16?,17-,19-/m1/s1. The summed E-state index contributed by atoms with van der Waals surface area (Å²) in [7, 11) is 0. The molecule has 2 heterocycles. The predicted octanol–water partition coefficient (Wildman–Crippen LogP) is 2.41. The van der Waals surface area contributed by atoms with Gasteiger partial charge in [-0.1, -0.05) is 30.3 Å². The zero-order valence-electron chi connectivity index (χ0n) is 15.2. The van der Waals surface area contributed by atoms with Crippen molar-refractivity contribution in [2.75, 3.05) is 5.75 Å². The number of thioether (sulfide) groups is 1. The maximum Gasteiger partial charge on any atom is 0.330 e. The fraction of sp³-hybridized carbons (Fsp3) is 0.250. The molecular weight excluding hydrogens is 394 g/mol. The molecule has 3 atom stereocenters. The molecule has 2 saturated heterocycles. The second kappa shape index (κ2) is 8.04. The number of benzene rings is 2. The number of esters is 1. The van der Waals surface area contributed by atoms with Gasteiger partial charge >= 0.3 is 5.97 Å². The molecule has 2 aliphatic heterocycles. The van der Waals surface area contributed by atoms with E-state index in [2.05, 4.69) is 4.99 Å². The third-order valence-corrected chi connectivity index (χ3v) is 6.13. The first kappa shape index (κ1) is 19.1. The van der Waals surface area contributed by atoms with E-state index in [1.807, 2.05) is 30.3 Å². The first-order valence-corrected chi connectivity index (χ1v) is 10.0. The monoisotopic (exact) mass is 411 g/mol. The Morgan fingerprint density at radius 3 is 2.66 bits per heavy atom. The number of amides is 1. The van der Waals surface area contributed by atoms with Crippen LogP contribution in [0.15, 0.2) is 59.6 Å². The van der Waals surface area contributed by atoms with Crippen molar-refractivity contribution in [2.45, 2.75) is 24.1 Å². The zero-order chi connectivity index (χ0) is 20.4. The van der Waals surface area contributed by atoms with E-state index in [0.29, 0.717) is 11.3 Å². The molecule has 0 N–H and O–H groups in total. The SMILES string of the molecule is O=C(OCc1ccccc1)C1CS[C@@H]2[C@H](/N=C/c3ccc([N+](=O)[O-])cc3)C(=O)N12. The third kappa shape index (κ3) is 3.86. The van der Waals surface area contributed by atoms with Crippen LogP contribution in [0.4, 0.5) is 5.69 Å². The minimum Gasteiger partial charge on any atom is -0.459 e. The highest BCUT2D eigenvalue weighted by molar-refractivity contribution is 8.00. The number of nitro groups is 1. The lowest BCUT2D eigenvalue weighted by molar-refractivity contribution is -0.384. The lowest BCUT2D eigenvalue weighted by atomic mass is 10.0. The van der Waals surface area contributed by atoms with Crippen LogP contribution in [0.2, 0.25) is 0 Å². The quantitative estimate of drug-likeness (QED) is 0.238. The molecule has 1 unspecified atom stereocenters. The van der Waals surface area contributed by atoms with Crippen LogP contribution in [0.5, 0.6) is 0 Å². The minimum atomic E-state index is -0.591. The van der Waals surface area contributed by atoms with Gasteiger partial charge in [0.25, 0.3) is 11.6 Å². The first-order chi connectivity index (χ1) is 14.0. The molecule has 0 radical (unpaired) electrons. The van der Waals surface area contributed by atoms with Crippen LogP contribution in [0, 0.1) is 10.1 Å². The number of carbonyl (C=O) groups is 2. The van der Waals surface area contributed by atoms with Crippen LogP contribution < -0.4 is 0 Å². The highest BCUT2D eigenvalue weighted by Gasteiger charge is 2.57. The largest absolute Gasteiger partial charge is 0.459 e. The Morgan fingerprint density at radius 2 is 1.97 bits per heavy atom. The van der Waals surface area contributed by atoms with E-state index in [1.54, 1.807) is 12.1 Å². The smallest absolute Gasteiger partial charge is 0.330 e. The summed E-state index contributed by atoms with van der Waals surface area (Å²) in [5.41, 5.74) is 1.56. The van der Waals surface area contributed by atoms with Crippen molar-refractivity contribution in [3.63, 3.8) is 0 Å². The number of nitro benzene ring substituents is 1. The molecule has 0 spiro atoms. The Labute approximate surface area is 170 Å². The van der Waals surface area contributed by atoms with E-state index < -0.39 is 23.0 Å². The van der Waals surface area contributed by atoms with E-state index in [4.69, 9.17) is 4.74 Å². The summed E-state index contributed by atoms with van der Waals surface area (Å²) >= 11 is 1.50. The molecule has 1 amide bonds. The highest BCUT2D eigenvalue weighted by atomic mass is 32.2. The Morgan fingerprint density at radius 1 is 1.24 bits per heavy atom. The van der Waals surface area contributed by atoms with Crippen LogP contribution in [0.1, 0.15) is 11.1 Å². The van der Waals surface area contributed by atoms with Crippen LogP contribution >= 0.6 is 11.8 Å². The van der Waals surface area contributed by atoms with Crippen LogP contribution in [0.3, 0.4) is 0 Å². The Kier molecular flexibility index (Phi) is 5.30. The summed E-state index contributed by atoms with van der Waals surface area (Å²) in [6.45, 7) is 0.176. The maximum absolute atomic E-state index is 12.5. The molecule has 2 aromatic carbocycles. The van der Waals surface area contributed by atoms with Gasteiger partial charge in [-0.2, -0.15) is 0 Å². The number of rotatable bonds is 6. The van der Waals surface area contributed by atoms with Crippen molar-refractivity contribution in [3.05, 3.63) is 75.8 Å². The average molecular weight is 411 g/mol. The van der Waals surface area contributed by atoms with E-state index in [-0.39, 0.29) is 23.6 Å². The number of aliphatic imine (C=N–C) groups is 1. The molecule has 8 nitrogen and oxygen atoms in total. The summed E-state index contributed by atoms with van der Waals surface area (Å²) in [5, 5.41) is 10.5. The van der Waals surface area contributed by atoms with E-state index in [9.17, 15) is 19.7 Å². The van der Waals surface area contributed by atoms with Crippen molar-refractivity contribution >= 4 is 35.5 Å². The van der Waals surface area contributed by atoms with Gasteiger partial charge in [0.1, 0.15) is 18.0 Å². The molecule has 2 fully saturated rings. The van der Waals surface area contributed by atoms with Crippen LogP contribution in [0.25, 0.3) is 0 Å². The van der Waals surface area contributed by atoms with Gasteiger partial charge in [0.05, 0.1) is 4.92 Å².